The number of pyridine rings is 1. The summed E-state index contributed by atoms with van der Waals surface area (Å²) in [5.41, 5.74) is 2.16. The summed E-state index contributed by atoms with van der Waals surface area (Å²) < 4.78 is 6.85. The van der Waals surface area contributed by atoms with Crippen LogP contribution in [0.25, 0.3) is 5.69 Å². The Balaban J connectivity index is 1.71. The second-order valence-electron chi connectivity index (χ2n) is 4.56. The number of nitrogens with one attached hydrogen (secondary N) is 1. The number of methoxy groups -OCH3 is 1. The second kappa shape index (κ2) is 6.09. The lowest BCUT2D eigenvalue weighted by Gasteiger charge is -2.07. The lowest BCUT2D eigenvalue weighted by Crippen LogP contribution is -2.12. The number of rotatable bonds is 4. The van der Waals surface area contributed by atoms with Crippen molar-refractivity contribution in [3.63, 3.8) is 0 Å². The van der Waals surface area contributed by atoms with Gasteiger partial charge in [-0.05, 0) is 30.3 Å². The van der Waals surface area contributed by atoms with Crippen LogP contribution in [0.1, 0.15) is 10.4 Å². The van der Waals surface area contributed by atoms with Crippen molar-refractivity contribution in [1.29, 1.82) is 0 Å². The quantitative estimate of drug-likeness (QED) is 0.802. The first kappa shape index (κ1) is 13.8. The topological polar surface area (TPSA) is 69.0 Å². The Labute approximate surface area is 127 Å². The summed E-state index contributed by atoms with van der Waals surface area (Å²) in [6, 6.07) is 10.8. The molecule has 6 nitrogen and oxygen atoms in total. The third-order valence-electron chi connectivity index (χ3n) is 3.14. The minimum absolute atomic E-state index is 0.217. The summed E-state index contributed by atoms with van der Waals surface area (Å²) in [7, 11) is 1.53. The van der Waals surface area contributed by atoms with E-state index in [9.17, 15) is 4.79 Å². The molecule has 0 unspecified atom stereocenters. The molecule has 0 spiro atoms. The fourth-order valence-corrected chi connectivity index (χ4v) is 1.97. The van der Waals surface area contributed by atoms with E-state index in [2.05, 4.69) is 15.3 Å². The fourth-order valence-electron chi connectivity index (χ4n) is 1.97. The highest BCUT2D eigenvalue weighted by molar-refractivity contribution is 6.04. The van der Waals surface area contributed by atoms with E-state index < -0.39 is 0 Å². The molecule has 0 radical (unpaired) electrons. The van der Waals surface area contributed by atoms with Crippen LogP contribution in [0.5, 0.6) is 5.88 Å². The maximum Gasteiger partial charge on any atom is 0.257 e. The zero-order chi connectivity index (χ0) is 15.4. The molecule has 0 aliphatic heterocycles. The Morgan fingerprint density at radius 3 is 2.59 bits per heavy atom. The molecule has 3 aromatic rings. The average Bonchev–Trinajstić information content (AvgIpc) is 3.10. The molecular weight excluding hydrogens is 280 g/mol. The highest BCUT2D eigenvalue weighted by atomic mass is 16.5. The van der Waals surface area contributed by atoms with Crippen molar-refractivity contribution >= 4 is 11.6 Å². The van der Waals surface area contributed by atoms with Crippen LogP contribution in [0.3, 0.4) is 0 Å². The summed E-state index contributed by atoms with van der Waals surface area (Å²) in [5, 5.41) is 2.82. The second-order valence-corrected chi connectivity index (χ2v) is 4.56. The Morgan fingerprint density at radius 1 is 1.18 bits per heavy atom. The summed E-state index contributed by atoms with van der Waals surface area (Å²) in [6.07, 6.45) is 6.77. The van der Waals surface area contributed by atoms with E-state index in [0.29, 0.717) is 17.1 Å². The third kappa shape index (κ3) is 2.95. The van der Waals surface area contributed by atoms with Gasteiger partial charge in [0, 0.05) is 36.0 Å². The number of aromatic nitrogens is 3. The smallest absolute Gasteiger partial charge is 0.257 e. The largest absolute Gasteiger partial charge is 0.481 e. The van der Waals surface area contributed by atoms with Crippen molar-refractivity contribution in [2.24, 2.45) is 0 Å². The Kier molecular flexibility index (Phi) is 3.82. The SMILES string of the molecule is COc1ccc(C(=O)Nc2ccc(-n3ccnc3)cc2)cn1. The van der Waals surface area contributed by atoms with Gasteiger partial charge in [0.25, 0.3) is 5.91 Å². The highest BCUT2D eigenvalue weighted by Gasteiger charge is 2.07. The van der Waals surface area contributed by atoms with Gasteiger partial charge in [-0.3, -0.25) is 4.79 Å². The van der Waals surface area contributed by atoms with Crippen LogP contribution >= 0.6 is 0 Å². The molecule has 6 heteroatoms. The zero-order valence-corrected chi connectivity index (χ0v) is 11.9. The van der Waals surface area contributed by atoms with Crippen LogP contribution in [0, 0.1) is 0 Å². The number of hydrogen-bond donors (Lipinski definition) is 1. The molecule has 0 saturated heterocycles. The average molecular weight is 294 g/mol. The van der Waals surface area contributed by atoms with Crippen LogP contribution < -0.4 is 10.1 Å². The molecule has 1 aromatic carbocycles. The standard InChI is InChI=1S/C16H14N4O2/c1-22-15-7-2-12(10-18-15)16(21)19-13-3-5-14(6-4-13)20-9-8-17-11-20/h2-11H,1H3,(H,19,21). The van der Waals surface area contributed by atoms with E-state index in [1.807, 2.05) is 35.0 Å². The number of hydrogen-bond acceptors (Lipinski definition) is 4. The molecule has 0 aliphatic carbocycles. The van der Waals surface area contributed by atoms with Gasteiger partial charge in [-0.15, -0.1) is 0 Å². The van der Waals surface area contributed by atoms with Gasteiger partial charge in [-0.25, -0.2) is 9.97 Å². The van der Waals surface area contributed by atoms with Crippen LogP contribution in [-0.2, 0) is 0 Å². The monoisotopic (exact) mass is 294 g/mol. The van der Waals surface area contributed by atoms with Crippen LogP contribution in [0.2, 0.25) is 0 Å². The highest BCUT2D eigenvalue weighted by Crippen LogP contribution is 2.14. The van der Waals surface area contributed by atoms with Crippen LogP contribution in [0.4, 0.5) is 5.69 Å². The maximum atomic E-state index is 12.1. The number of carbonyl (C=O) groups excluding carboxylic acids is 1. The van der Waals surface area contributed by atoms with Crippen LogP contribution in [-0.4, -0.2) is 27.6 Å². The summed E-state index contributed by atoms with van der Waals surface area (Å²) >= 11 is 0. The van der Waals surface area contributed by atoms with Gasteiger partial charge < -0.3 is 14.6 Å². The molecule has 3 rings (SSSR count). The van der Waals surface area contributed by atoms with Gasteiger partial charge in [0.1, 0.15) is 0 Å². The maximum absolute atomic E-state index is 12.1. The lowest BCUT2D eigenvalue weighted by atomic mass is 10.2. The molecule has 22 heavy (non-hydrogen) atoms. The number of amides is 1. The lowest BCUT2D eigenvalue weighted by molar-refractivity contribution is 0.102. The third-order valence-corrected chi connectivity index (χ3v) is 3.14. The normalized spacial score (nSPS) is 10.2. The molecular formula is C16H14N4O2. The molecule has 1 amide bonds. The van der Waals surface area contributed by atoms with Crippen molar-refractivity contribution in [3.05, 3.63) is 66.9 Å². The van der Waals surface area contributed by atoms with Crippen molar-refractivity contribution in [1.82, 2.24) is 14.5 Å². The van der Waals surface area contributed by atoms with Gasteiger partial charge in [0.05, 0.1) is 19.0 Å². The van der Waals surface area contributed by atoms with Gasteiger partial charge in [-0.2, -0.15) is 0 Å². The molecule has 2 heterocycles. The summed E-state index contributed by atoms with van der Waals surface area (Å²) in [6.45, 7) is 0. The number of anilines is 1. The van der Waals surface area contributed by atoms with Crippen molar-refractivity contribution in [2.75, 3.05) is 12.4 Å². The van der Waals surface area contributed by atoms with Crippen molar-refractivity contribution in [3.8, 4) is 11.6 Å². The molecule has 0 atom stereocenters. The molecule has 2 aromatic heterocycles. The van der Waals surface area contributed by atoms with Gasteiger partial charge in [-0.1, -0.05) is 0 Å². The van der Waals surface area contributed by atoms with E-state index >= 15 is 0 Å². The minimum atomic E-state index is -0.217. The summed E-state index contributed by atoms with van der Waals surface area (Å²) in [5.74, 6) is 0.256. The Bertz CT molecular complexity index is 750. The molecule has 0 bridgehead atoms. The molecule has 1 N–H and O–H groups in total. The predicted molar refractivity (Wildman–Crippen MR) is 82.3 cm³/mol. The van der Waals surface area contributed by atoms with E-state index in [1.165, 1.54) is 13.3 Å². The first-order valence-electron chi connectivity index (χ1n) is 6.66. The van der Waals surface area contributed by atoms with E-state index in [0.717, 1.165) is 5.69 Å². The number of carbonyl (C=O) groups is 1. The minimum Gasteiger partial charge on any atom is -0.481 e. The van der Waals surface area contributed by atoms with Crippen LogP contribution in [0.15, 0.2) is 61.3 Å². The Hall–Kier alpha value is -3.15. The molecule has 110 valence electrons. The fraction of sp³-hybridized carbons (Fsp3) is 0.0625. The molecule has 0 aliphatic rings. The Morgan fingerprint density at radius 2 is 2.00 bits per heavy atom. The van der Waals surface area contributed by atoms with E-state index in [1.54, 1.807) is 24.7 Å². The zero-order valence-electron chi connectivity index (χ0n) is 11.9. The first-order chi connectivity index (χ1) is 10.8. The number of benzene rings is 1. The van der Waals surface area contributed by atoms with E-state index in [4.69, 9.17) is 4.74 Å². The van der Waals surface area contributed by atoms with Gasteiger partial charge in [0.2, 0.25) is 5.88 Å². The van der Waals surface area contributed by atoms with Gasteiger partial charge >= 0.3 is 0 Å². The predicted octanol–water partition coefficient (Wildman–Crippen LogP) is 2.53. The van der Waals surface area contributed by atoms with E-state index in [-0.39, 0.29) is 5.91 Å². The van der Waals surface area contributed by atoms with Gasteiger partial charge in [0.15, 0.2) is 0 Å². The number of ether oxygens (including phenoxy) is 1. The van der Waals surface area contributed by atoms with Crippen molar-refractivity contribution in [2.45, 2.75) is 0 Å². The molecule has 0 saturated carbocycles. The number of nitrogens with zero attached hydrogens (tertiary/aromatic N) is 3. The summed E-state index contributed by atoms with van der Waals surface area (Å²) in [4.78, 5) is 20.1. The molecule has 0 fully saturated rings. The van der Waals surface area contributed by atoms with Crippen molar-refractivity contribution < 1.29 is 9.53 Å². The first-order valence-corrected chi connectivity index (χ1v) is 6.66. The number of imidazole rings is 1.